The number of aromatic nitrogens is 1. The van der Waals surface area contributed by atoms with E-state index in [9.17, 15) is 0 Å². The minimum Gasteiger partial charge on any atom is -0.296 e. The number of rotatable bonds is 5. The molecule has 1 aromatic heterocycles. The van der Waals surface area contributed by atoms with E-state index in [2.05, 4.69) is 30.1 Å². The van der Waals surface area contributed by atoms with Gasteiger partial charge in [-0.3, -0.25) is 10.3 Å². The van der Waals surface area contributed by atoms with Gasteiger partial charge in [-0.1, -0.05) is 19.3 Å². The van der Waals surface area contributed by atoms with Crippen molar-refractivity contribution in [1.82, 2.24) is 10.3 Å². The molecule has 0 fully saturated rings. The lowest BCUT2D eigenvalue weighted by molar-refractivity contribution is 0.499. The summed E-state index contributed by atoms with van der Waals surface area (Å²) in [6.45, 7) is 4.26. The monoisotopic (exact) mass is 208 g/mol. The quantitative estimate of drug-likeness (QED) is 0.752. The van der Waals surface area contributed by atoms with Gasteiger partial charge >= 0.3 is 0 Å². The molecule has 1 aromatic rings. The van der Waals surface area contributed by atoms with E-state index < -0.39 is 0 Å². The number of hydrogen-bond acceptors (Lipinski definition) is 3. The van der Waals surface area contributed by atoms with Crippen LogP contribution < -0.4 is 5.32 Å². The molecule has 0 saturated heterocycles. The summed E-state index contributed by atoms with van der Waals surface area (Å²) in [6, 6.07) is 0.479. The summed E-state index contributed by atoms with van der Waals surface area (Å²) in [5.41, 5.74) is 1.85. The second-order valence-electron chi connectivity index (χ2n) is 3.30. The molecule has 1 rings (SSSR count). The van der Waals surface area contributed by atoms with Gasteiger partial charge in [0.15, 0.2) is 0 Å². The zero-order chi connectivity index (χ0) is 10.4. The summed E-state index contributed by atoms with van der Waals surface area (Å²) in [5.74, 6) is 2.77. The fourth-order valence-electron chi connectivity index (χ4n) is 1.33. The molecule has 0 aliphatic rings. The van der Waals surface area contributed by atoms with Crippen LogP contribution in [0.15, 0.2) is 11.7 Å². The maximum absolute atomic E-state index is 5.44. The standard InChI is InChI=1S/C11H16N2S/c1-4-6-10(5-2)13-9(3)11-7-12-8-14-11/h2,7-10,13H,4,6H2,1,3H3. The highest BCUT2D eigenvalue weighted by molar-refractivity contribution is 7.09. The Labute approximate surface area is 89.8 Å². The number of hydrogen-bond donors (Lipinski definition) is 1. The van der Waals surface area contributed by atoms with Crippen LogP contribution in [0.1, 0.15) is 37.6 Å². The van der Waals surface area contributed by atoms with Gasteiger partial charge in [0.2, 0.25) is 0 Å². The highest BCUT2D eigenvalue weighted by Gasteiger charge is 2.11. The van der Waals surface area contributed by atoms with Crippen LogP contribution in [0.5, 0.6) is 0 Å². The third-order valence-corrected chi connectivity index (χ3v) is 3.07. The van der Waals surface area contributed by atoms with Gasteiger partial charge in [-0.2, -0.15) is 0 Å². The lowest BCUT2D eigenvalue weighted by Gasteiger charge is -2.17. The maximum Gasteiger partial charge on any atom is 0.0794 e. The van der Waals surface area contributed by atoms with Crippen LogP contribution in [0, 0.1) is 12.3 Å². The van der Waals surface area contributed by atoms with Crippen LogP contribution in [0.25, 0.3) is 0 Å². The number of nitrogens with one attached hydrogen (secondary N) is 1. The van der Waals surface area contributed by atoms with Crippen molar-refractivity contribution in [2.75, 3.05) is 0 Å². The van der Waals surface area contributed by atoms with Gasteiger partial charge in [0.1, 0.15) is 0 Å². The molecule has 0 amide bonds. The SMILES string of the molecule is C#CC(CCC)NC(C)c1cncs1. The summed E-state index contributed by atoms with van der Waals surface area (Å²) < 4.78 is 0. The molecule has 2 atom stereocenters. The first-order valence-corrected chi connectivity index (χ1v) is 5.76. The molecular weight excluding hydrogens is 192 g/mol. The van der Waals surface area contributed by atoms with E-state index in [0.717, 1.165) is 12.8 Å². The molecule has 1 N–H and O–H groups in total. The Balaban J connectivity index is 2.47. The van der Waals surface area contributed by atoms with Crippen LogP contribution in [0.4, 0.5) is 0 Å². The molecule has 3 heteroatoms. The number of thiazole rings is 1. The predicted molar refractivity (Wildman–Crippen MR) is 61.2 cm³/mol. The van der Waals surface area contributed by atoms with Gasteiger partial charge in [-0.05, 0) is 13.3 Å². The highest BCUT2D eigenvalue weighted by atomic mass is 32.1. The van der Waals surface area contributed by atoms with Crippen molar-refractivity contribution in [2.24, 2.45) is 0 Å². The van der Waals surface area contributed by atoms with Gasteiger partial charge in [-0.15, -0.1) is 17.8 Å². The van der Waals surface area contributed by atoms with Crippen molar-refractivity contribution in [3.05, 3.63) is 16.6 Å². The molecule has 0 aliphatic heterocycles. The maximum atomic E-state index is 5.44. The molecular formula is C11H16N2S. The van der Waals surface area contributed by atoms with E-state index in [0.29, 0.717) is 6.04 Å². The lowest BCUT2D eigenvalue weighted by atomic mass is 10.1. The Morgan fingerprint density at radius 3 is 3.00 bits per heavy atom. The Hall–Kier alpha value is -0.850. The summed E-state index contributed by atoms with van der Waals surface area (Å²) in [6.07, 6.45) is 9.46. The minimum atomic E-state index is 0.178. The first-order valence-electron chi connectivity index (χ1n) is 4.88. The average molecular weight is 208 g/mol. The predicted octanol–water partition coefficient (Wildman–Crippen LogP) is 2.60. The lowest BCUT2D eigenvalue weighted by Crippen LogP contribution is -2.29. The fourth-order valence-corrected chi connectivity index (χ4v) is 1.96. The van der Waals surface area contributed by atoms with Gasteiger partial charge in [0.25, 0.3) is 0 Å². The fraction of sp³-hybridized carbons (Fsp3) is 0.545. The molecule has 14 heavy (non-hydrogen) atoms. The minimum absolute atomic E-state index is 0.178. The van der Waals surface area contributed by atoms with E-state index in [4.69, 9.17) is 6.42 Å². The second-order valence-corrected chi connectivity index (χ2v) is 4.22. The highest BCUT2D eigenvalue weighted by Crippen LogP contribution is 2.17. The van der Waals surface area contributed by atoms with Gasteiger partial charge in [-0.25, -0.2) is 0 Å². The summed E-state index contributed by atoms with van der Waals surface area (Å²) >= 11 is 1.66. The van der Waals surface area contributed by atoms with Gasteiger partial charge in [0, 0.05) is 17.1 Å². The summed E-state index contributed by atoms with van der Waals surface area (Å²) in [5, 5.41) is 3.40. The smallest absolute Gasteiger partial charge is 0.0794 e. The van der Waals surface area contributed by atoms with Crippen LogP contribution >= 0.6 is 11.3 Å². The van der Waals surface area contributed by atoms with Crippen molar-refractivity contribution in [3.63, 3.8) is 0 Å². The molecule has 2 unspecified atom stereocenters. The van der Waals surface area contributed by atoms with Gasteiger partial charge < -0.3 is 0 Å². The van der Waals surface area contributed by atoms with E-state index in [1.54, 1.807) is 11.3 Å². The van der Waals surface area contributed by atoms with Crippen molar-refractivity contribution >= 4 is 11.3 Å². The molecule has 0 saturated carbocycles. The molecule has 2 nitrogen and oxygen atoms in total. The summed E-state index contributed by atoms with van der Waals surface area (Å²) in [4.78, 5) is 5.29. The Bertz CT molecular complexity index is 287. The van der Waals surface area contributed by atoms with Gasteiger partial charge in [0.05, 0.1) is 11.6 Å². The van der Waals surface area contributed by atoms with E-state index in [1.165, 1.54) is 4.88 Å². The number of nitrogens with zero attached hydrogens (tertiary/aromatic N) is 1. The topological polar surface area (TPSA) is 24.9 Å². The Kier molecular flexibility index (Phi) is 4.64. The van der Waals surface area contributed by atoms with E-state index >= 15 is 0 Å². The van der Waals surface area contributed by atoms with Crippen LogP contribution in [0.2, 0.25) is 0 Å². The molecule has 0 aromatic carbocycles. The van der Waals surface area contributed by atoms with Crippen LogP contribution in [0.3, 0.4) is 0 Å². The van der Waals surface area contributed by atoms with Crippen molar-refractivity contribution in [1.29, 1.82) is 0 Å². The zero-order valence-electron chi connectivity index (χ0n) is 8.66. The Morgan fingerprint density at radius 2 is 2.50 bits per heavy atom. The van der Waals surface area contributed by atoms with Crippen LogP contribution in [-0.4, -0.2) is 11.0 Å². The molecule has 0 radical (unpaired) electrons. The van der Waals surface area contributed by atoms with E-state index in [1.807, 2.05) is 11.7 Å². The molecule has 0 bridgehead atoms. The van der Waals surface area contributed by atoms with Crippen LogP contribution in [-0.2, 0) is 0 Å². The largest absolute Gasteiger partial charge is 0.296 e. The summed E-state index contributed by atoms with van der Waals surface area (Å²) in [7, 11) is 0. The third-order valence-electron chi connectivity index (χ3n) is 2.11. The Morgan fingerprint density at radius 1 is 1.71 bits per heavy atom. The number of terminal acetylenes is 1. The first kappa shape index (κ1) is 11.2. The van der Waals surface area contributed by atoms with Crippen molar-refractivity contribution in [3.8, 4) is 12.3 Å². The van der Waals surface area contributed by atoms with Crippen molar-refractivity contribution < 1.29 is 0 Å². The van der Waals surface area contributed by atoms with E-state index in [-0.39, 0.29) is 6.04 Å². The normalized spacial score (nSPS) is 14.6. The average Bonchev–Trinajstić information content (AvgIpc) is 2.69. The van der Waals surface area contributed by atoms with Crippen molar-refractivity contribution in [2.45, 2.75) is 38.8 Å². The molecule has 1 heterocycles. The molecule has 76 valence electrons. The zero-order valence-corrected chi connectivity index (χ0v) is 9.47. The molecule has 0 spiro atoms. The molecule has 0 aliphatic carbocycles. The first-order chi connectivity index (χ1) is 6.77. The second kappa shape index (κ2) is 5.79. The third kappa shape index (κ3) is 3.13.